The second-order valence-corrected chi connectivity index (χ2v) is 5.44. The number of hydrogen-bond acceptors (Lipinski definition) is 3. The van der Waals surface area contributed by atoms with Gasteiger partial charge in [-0.2, -0.15) is 0 Å². The van der Waals surface area contributed by atoms with Gasteiger partial charge in [-0.1, -0.05) is 12.2 Å². The molecule has 1 unspecified atom stereocenters. The molecule has 19 heavy (non-hydrogen) atoms. The summed E-state index contributed by atoms with van der Waals surface area (Å²) in [5.74, 6) is 0.186. The second-order valence-electron chi connectivity index (χ2n) is 5.44. The topological polar surface area (TPSA) is 26.8 Å². The van der Waals surface area contributed by atoms with Crippen LogP contribution in [-0.2, 0) is 4.79 Å². The molecule has 2 saturated heterocycles. The first-order valence-corrected chi connectivity index (χ1v) is 7.20. The Kier molecular flexibility index (Phi) is 5.16. The smallest absolute Gasteiger partial charge is 0.237 e. The number of piperazine rings is 1. The molecule has 0 bridgehead atoms. The molecule has 0 saturated carbocycles. The third-order valence-corrected chi connectivity index (χ3v) is 4.08. The van der Waals surface area contributed by atoms with Gasteiger partial charge in [-0.05, 0) is 19.4 Å². The Hall–Kier alpha value is -1.13. The van der Waals surface area contributed by atoms with Crippen LogP contribution < -0.4 is 0 Å². The first-order chi connectivity index (χ1) is 9.24. The molecule has 106 valence electrons. The number of fused-ring (bicyclic) bond motifs is 1. The van der Waals surface area contributed by atoms with Crippen LogP contribution in [0.3, 0.4) is 0 Å². The van der Waals surface area contributed by atoms with Gasteiger partial charge in [-0.3, -0.25) is 14.6 Å². The lowest BCUT2D eigenvalue weighted by Gasteiger charge is -2.37. The molecule has 0 aromatic carbocycles. The van der Waals surface area contributed by atoms with Crippen LogP contribution in [-0.4, -0.2) is 72.5 Å². The second kappa shape index (κ2) is 6.87. The van der Waals surface area contributed by atoms with E-state index in [4.69, 9.17) is 0 Å². The summed E-state index contributed by atoms with van der Waals surface area (Å²) >= 11 is 0. The highest BCUT2D eigenvalue weighted by atomic mass is 16.2. The largest absolute Gasteiger partial charge is 0.334 e. The van der Waals surface area contributed by atoms with E-state index < -0.39 is 0 Å². The van der Waals surface area contributed by atoms with E-state index in [-0.39, 0.29) is 5.91 Å². The van der Waals surface area contributed by atoms with Gasteiger partial charge in [0.05, 0.1) is 6.54 Å². The molecule has 2 aliphatic heterocycles. The normalized spacial score (nSPS) is 23.9. The summed E-state index contributed by atoms with van der Waals surface area (Å²) in [5, 5.41) is 0. The van der Waals surface area contributed by atoms with Crippen LogP contribution in [0.25, 0.3) is 0 Å². The molecular weight excluding hydrogens is 238 g/mol. The number of carbonyl (C=O) groups excluding carboxylic acids is 1. The molecule has 4 nitrogen and oxygen atoms in total. The predicted molar refractivity (Wildman–Crippen MR) is 78.0 cm³/mol. The standard InChI is InChI=1S/C15H25N3O/c1-3-7-18(8-4-2)15(19)13-16-10-11-17-9-5-6-14(17)12-16/h3-4,14H,1-2,5-13H2. The Morgan fingerprint density at radius 2 is 1.95 bits per heavy atom. The molecule has 0 N–H and O–H groups in total. The van der Waals surface area contributed by atoms with Gasteiger partial charge in [0.25, 0.3) is 0 Å². The first kappa shape index (κ1) is 14.3. The lowest BCUT2D eigenvalue weighted by atomic mass is 10.1. The average Bonchev–Trinajstić information content (AvgIpc) is 2.86. The van der Waals surface area contributed by atoms with Crippen LogP contribution in [0.4, 0.5) is 0 Å². The van der Waals surface area contributed by atoms with Crippen molar-refractivity contribution in [2.45, 2.75) is 18.9 Å². The SMILES string of the molecule is C=CCN(CC=C)C(=O)CN1CCN2CCCC2C1. The van der Waals surface area contributed by atoms with E-state index in [1.165, 1.54) is 19.4 Å². The Labute approximate surface area is 116 Å². The van der Waals surface area contributed by atoms with Crippen molar-refractivity contribution < 1.29 is 4.79 Å². The van der Waals surface area contributed by atoms with Crippen molar-refractivity contribution in [3.05, 3.63) is 25.3 Å². The number of amides is 1. The van der Waals surface area contributed by atoms with Gasteiger partial charge >= 0.3 is 0 Å². The zero-order chi connectivity index (χ0) is 13.7. The van der Waals surface area contributed by atoms with Gasteiger partial charge < -0.3 is 4.90 Å². The molecule has 2 rings (SSSR count). The number of nitrogens with zero attached hydrogens (tertiary/aromatic N) is 3. The minimum absolute atomic E-state index is 0.186. The van der Waals surface area contributed by atoms with Gasteiger partial charge in [-0.25, -0.2) is 0 Å². The fourth-order valence-corrected chi connectivity index (χ4v) is 3.08. The average molecular weight is 263 g/mol. The van der Waals surface area contributed by atoms with E-state index in [0.29, 0.717) is 25.7 Å². The molecule has 1 atom stereocenters. The van der Waals surface area contributed by atoms with Crippen molar-refractivity contribution in [1.82, 2.24) is 14.7 Å². The summed E-state index contributed by atoms with van der Waals surface area (Å²) in [6, 6.07) is 0.675. The molecule has 4 heteroatoms. The molecule has 0 spiro atoms. The predicted octanol–water partition coefficient (Wildman–Crippen LogP) is 0.967. The van der Waals surface area contributed by atoms with E-state index in [1.54, 1.807) is 17.1 Å². The summed E-state index contributed by atoms with van der Waals surface area (Å²) in [7, 11) is 0. The summed E-state index contributed by atoms with van der Waals surface area (Å²) in [6.45, 7) is 13.6. The number of rotatable bonds is 6. The van der Waals surface area contributed by atoms with Crippen LogP contribution in [0.5, 0.6) is 0 Å². The third-order valence-electron chi connectivity index (χ3n) is 4.08. The van der Waals surface area contributed by atoms with Crippen molar-refractivity contribution >= 4 is 5.91 Å². The summed E-state index contributed by atoms with van der Waals surface area (Å²) in [5.41, 5.74) is 0. The van der Waals surface area contributed by atoms with E-state index in [9.17, 15) is 4.79 Å². The van der Waals surface area contributed by atoms with Crippen LogP contribution in [0.1, 0.15) is 12.8 Å². The van der Waals surface area contributed by atoms with Crippen molar-refractivity contribution in [1.29, 1.82) is 0 Å². The highest BCUT2D eigenvalue weighted by molar-refractivity contribution is 5.78. The zero-order valence-electron chi connectivity index (χ0n) is 11.8. The summed E-state index contributed by atoms with van der Waals surface area (Å²) < 4.78 is 0. The fourth-order valence-electron chi connectivity index (χ4n) is 3.08. The van der Waals surface area contributed by atoms with Gasteiger partial charge in [0, 0.05) is 38.8 Å². The van der Waals surface area contributed by atoms with Crippen LogP contribution in [0, 0.1) is 0 Å². The molecule has 2 aliphatic rings. The van der Waals surface area contributed by atoms with Gasteiger partial charge in [0.15, 0.2) is 0 Å². The highest BCUT2D eigenvalue weighted by Crippen LogP contribution is 2.21. The third kappa shape index (κ3) is 3.67. The van der Waals surface area contributed by atoms with E-state index in [0.717, 1.165) is 19.6 Å². The van der Waals surface area contributed by atoms with Crippen molar-refractivity contribution in [3.63, 3.8) is 0 Å². The van der Waals surface area contributed by atoms with Gasteiger partial charge in [-0.15, -0.1) is 13.2 Å². The number of carbonyl (C=O) groups is 1. The molecule has 0 radical (unpaired) electrons. The Morgan fingerprint density at radius 1 is 1.21 bits per heavy atom. The maximum atomic E-state index is 12.3. The molecule has 0 aliphatic carbocycles. The highest BCUT2D eigenvalue weighted by Gasteiger charge is 2.31. The van der Waals surface area contributed by atoms with E-state index in [2.05, 4.69) is 23.0 Å². The number of hydrogen-bond donors (Lipinski definition) is 0. The summed E-state index contributed by atoms with van der Waals surface area (Å²) in [4.78, 5) is 18.9. The Morgan fingerprint density at radius 3 is 2.63 bits per heavy atom. The van der Waals surface area contributed by atoms with Crippen LogP contribution in [0.15, 0.2) is 25.3 Å². The van der Waals surface area contributed by atoms with E-state index >= 15 is 0 Å². The molecule has 1 amide bonds. The lowest BCUT2D eigenvalue weighted by Crippen LogP contribution is -2.52. The van der Waals surface area contributed by atoms with Crippen molar-refractivity contribution in [2.75, 3.05) is 45.8 Å². The molecule has 0 aromatic rings. The minimum atomic E-state index is 0.186. The lowest BCUT2D eigenvalue weighted by molar-refractivity contribution is -0.132. The molecule has 0 aromatic heterocycles. The van der Waals surface area contributed by atoms with Crippen molar-refractivity contribution in [3.8, 4) is 0 Å². The minimum Gasteiger partial charge on any atom is -0.334 e. The van der Waals surface area contributed by atoms with Gasteiger partial charge in [0.1, 0.15) is 0 Å². The van der Waals surface area contributed by atoms with E-state index in [1.807, 2.05) is 0 Å². The molecular formula is C15H25N3O. The maximum absolute atomic E-state index is 12.3. The summed E-state index contributed by atoms with van der Waals surface area (Å²) in [6.07, 6.45) is 6.14. The molecule has 2 heterocycles. The van der Waals surface area contributed by atoms with Crippen molar-refractivity contribution in [2.24, 2.45) is 0 Å². The first-order valence-electron chi connectivity index (χ1n) is 7.20. The fraction of sp³-hybridized carbons (Fsp3) is 0.667. The van der Waals surface area contributed by atoms with Crippen LogP contribution >= 0.6 is 0 Å². The monoisotopic (exact) mass is 263 g/mol. The Bertz CT molecular complexity index is 332. The van der Waals surface area contributed by atoms with Gasteiger partial charge in [0.2, 0.25) is 5.91 Å². The maximum Gasteiger partial charge on any atom is 0.237 e. The molecule has 2 fully saturated rings. The quantitative estimate of drug-likeness (QED) is 0.668. The Balaban J connectivity index is 1.83. The zero-order valence-corrected chi connectivity index (χ0v) is 11.8. The van der Waals surface area contributed by atoms with Crippen LogP contribution in [0.2, 0.25) is 0 Å².